The van der Waals surface area contributed by atoms with Gasteiger partial charge in [-0.25, -0.2) is 4.98 Å². The third-order valence-electron chi connectivity index (χ3n) is 3.06. The van der Waals surface area contributed by atoms with Crippen LogP contribution in [0.4, 0.5) is 5.13 Å². The van der Waals surface area contributed by atoms with Crippen LogP contribution in [-0.2, 0) is 4.79 Å². The molecule has 0 fully saturated rings. The van der Waals surface area contributed by atoms with E-state index in [1.54, 1.807) is 12.1 Å². The molecule has 1 amide bonds. The number of carbonyl (C=O) groups excluding carboxylic acids is 1. The predicted molar refractivity (Wildman–Crippen MR) is 94.9 cm³/mol. The maximum Gasteiger partial charge on any atom is 0.264 e. The summed E-state index contributed by atoms with van der Waals surface area (Å²) in [6, 6.07) is 11.0. The van der Waals surface area contributed by atoms with E-state index in [4.69, 9.17) is 27.9 Å². The second kappa shape index (κ2) is 6.74. The first-order valence-corrected chi connectivity index (χ1v) is 8.34. The van der Waals surface area contributed by atoms with Crippen LogP contribution in [0.3, 0.4) is 0 Å². The molecule has 0 saturated carbocycles. The Labute approximate surface area is 147 Å². The van der Waals surface area contributed by atoms with Crippen molar-refractivity contribution in [1.29, 1.82) is 0 Å². The second-order valence-corrected chi connectivity index (χ2v) is 6.70. The van der Waals surface area contributed by atoms with Gasteiger partial charge < -0.3 is 4.74 Å². The van der Waals surface area contributed by atoms with Gasteiger partial charge in [-0.15, -0.1) is 0 Å². The molecule has 0 aliphatic heterocycles. The molecule has 23 heavy (non-hydrogen) atoms. The summed E-state index contributed by atoms with van der Waals surface area (Å²) in [6.45, 7) is 1.87. The van der Waals surface area contributed by atoms with Gasteiger partial charge in [-0.05, 0) is 36.8 Å². The zero-order valence-corrected chi connectivity index (χ0v) is 14.4. The number of halogens is 2. The Hall–Kier alpha value is -1.82. The number of hydrogen-bond donors (Lipinski definition) is 1. The summed E-state index contributed by atoms with van der Waals surface area (Å²) in [7, 11) is 0. The van der Waals surface area contributed by atoms with Gasteiger partial charge in [0, 0.05) is 0 Å². The predicted octanol–water partition coefficient (Wildman–Crippen LogP) is 4.93. The van der Waals surface area contributed by atoms with Crippen LogP contribution in [0.15, 0.2) is 36.4 Å². The smallest absolute Gasteiger partial charge is 0.264 e. The lowest BCUT2D eigenvalue weighted by Crippen LogP contribution is -2.20. The molecule has 0 unspecified atom stereocenters. The highest BCUT2D eigenvalue weighted by atomic mass is 35.5. The zero-order chi connectivity index (χ0) is 16.4. The molecule has 0 aliphatic rings. The van der Waals surface area contributed by atoms with Gasteiger partial charge in [-0.1, -0.05) is 46.7 Å². The number of carbonyl (C=O) groups is 1. The topological polar surface area (TPSA) is 51.2 Å². The number of benzene rings is 2. The first kappa shape index (κ1) is 16.1. The van der Waals surface area contributed by atoms with Crippen LogP contribution < -0.4 is 10.1 Å². The van der Waals surface area contributed by atoms with E-state index in [1.807, 2.05) is 31.2 Å². The molecule has 7 heteroatoms. The van der Waals surface area contributed by atoms with Crippen molar-refractivity contribution in [3.05, 3.63) is 52.0 Å². The number of hydrogen-bond acceptors (Lipinski definition) is 4. The third-order valence-corrected chi connectivity index (χ3v) is 4.79. The summed E-state index contributed by atoms with van der Waals surface area (Å²) in [4.78, 5) is 16.3. The number of fused-ring (bicyclic) bond motifs is 1. The van der Waals surface area contributed by atoms with E-state index in [0.717, 1.165) is 10.3 Å². The molecule has 0 atom stereocenters. The quantitative estimate of drug-likeness (QED) is 0.712. The van der Waals surface area contributed by atoms with E-state index in [9.17, 15) is 4.79 Å². The van der Waals surface area contributed by atoms with Crippen molar-refractivity contribution in [2.45, 2.75) is 6.92 Å². The lowest BCUT2D eigenvalue weighted by molar-refractivity contribution is -0.118. The highest BCUT2D eigenvalue weighted by Crippen LogP contribution is 2.35. The van der Waals surface area contributed by atoms with Gasteiger partial charge in [0.15, 0.2) is 11.7 Å². The molecule has 1 N–H and O–H groups in total. The third kappa shape index (κ3) is 3.75. The standard InChI is InChI=1S/C16H12Cl2N2O2S/c1-9-3-2-4-10(7-9)22-8-13(21)19-16-20-15-12(23-16)6-5-11(17)14(15)18/h2-7H,8H2,1H3,(H,19,20,21). The Kier molecular flexibility index (Phi) is 4.71. The number of amides is 1. The van der Waals surface area contributed by atoms with Gasteiger partial charge in [-0.2, -0.15) is 0 Å². The maximum atomic E-state index is 12.0. The molecular formula is C16H12Cl2N2O2S. The minimum atomic E-state index is -0.284. The Bertz CT molecular complexity index is 880. The van der Waals surface area contributed by atoms with Crippen LogP contribution in [0.5, 0.6) is 5.75 Å². The number of aromatic nitrogens is 1. The lowest BCUT2D eigenvalue weighted by Gasteiger charge is -2.06. The molecule has 1 aromatic heterocycles. The Morgan fingerprint density at radius 2 is 2.13 bits per heavy atom. The van der Waals surface area contributed by atoms with E-state index < -0.39 is 0 Å². The number of rotatable bonds is 4. The van der Waals surface area contributed by atoms with Gasteiger partial charge in [0.25, 0.3) is 5.91 Å². The minimum absolute atomic E-state index is 0.0894. The molecule has 0 spiro atoms. The number of thiazole rings is 1. The second-order valence-electron chi connectivity index (χ2n) is 4.88. The summed E-state index contributed by atoms with van der Waals surface area (Å²) in [5.41, 5.74) is 1.65. The molecule has 0 bridgehead atoms. The molecule has 2 aromatic carbocycles. The van der Waals surface area contributed by atoms with Crippen LogP contribution in [0.25, 0.3) is 10.2 Å². The van der Waals surface area contributed by atoms with E-state index in [2.05, 4.69) is 10.3 Å². The molecule has 3 aromatic rings. The normalized spacial score (nSPS) is 10.7. The number of anilines is 1. The van der Waals surface area contributed by atoms with Gasteiger partial charge in [0.1, 0.15) is 11.3 Å². The number of ether oxygens (including phenoxy) is 1. The van der Waals surface area contributed by atoms with Crippen LogP contribution in [0.2, 0.25) is 10.0 Å². The largest absolute Gasteiger partial charge is 0.484 e. The van der Waals surface area contributed by atoms with Gasteiger partial charge in [0.05, 0.1) is 14.7 Å². The molecule has 4 nitrogen and oxygen atoms in total. The number of aryl methyl sites for hydroxylation is 1. The minimum Gasteiger partial charge on any atom is -0.484 e. The molecule has 3 rings (SSSR count). The molecule has 118 valence electrons. The summed E-state index contributed by atoms with van der Waals surface area (Å²) < 4.78 is 6.31. The van der Waals surface area contributed by atoms with Crippen LogP contribution in [-0.4, -0.2) is 17.5 Å². The van der Waals surface area contributed by atoms with E-state index in [1.165, 1.54) is 11.3 Å². The Balaban J connectivity index is 1.67. The average molecular weight is 367 g/mol. The number of nitrogens with one attached hydrogen (secondary N) is 1. The zero-order valence-electron chi connectivity index (χ0n) is 12.1. The molecule has 0 radical (unpaired) electrons. The summed E-state index contributed by atoms with van der Waals surface area (Å²) in [5, 5.41) is 3.99. The average Bonchev–Trinajstić information content (AvgIpc) is 2.92. The van der Waals surface area contributed by atoms with Crippen LogP contribution in [0.1, 0.15) is 5.56 Å². The van der Waals surface area contributed by atoms with Gasteiger partial charge in [0.2, 0.25) is 0 Å². The molecule has 1 heterocycles. The molecule has 0 saturated heterocycles. The molecule has 0 aliphatic carbocycles. The SMILES string of the molecule is Cc1cccc(OCC(=O)Nc2nc3c(Cl)c(Cl)ccc3s2)c1. The fraction of sp³-hybridized carbons (Fsp3) is 0.125. The van der Waals surface area contributed by atoms with Crippen molar-refractivity contribution >= 4 is 55.8 Å². The fourth-order valence-corrected chi connectivity index (χ4v) is 3.31. The van der Waals surface area contributed by atoms with Crippen molar-refractivity contribution in [1.82, 2.24) is 4.98 Å². The van der Waals surface area contributed by atoms with E-state index in [0.29, 0.717) is 26.4 Å². The van der Waals surface area contributed by atoms with Crippen molar-refractivity contribution in [2.75, 3.05) is 11.9 Å². The fourth-order valence-electron chi connectivity index (χ4n) is 2.00. The van der Waals surface area contributed by atoms with Crippen molar-refractivity contribution in [2.24, 2.45) is 0 Å². The number of nitrogens with zero attached hydrogens (tertiary/aromatic N) is 1. The Morgan fingerprint density at radius 1 is 1.30 bits per heavy atom. The van der Waals surface area contributed by atoms with Crippen LogP contribution in [0, 0.1) is 6.92 Å². The van der Waals surface area contributed by atoms with Crippen molar-refractivity contribution in [3.63, 3.8) is 0 Å². The summed E-state index contributed by atoms with van der Waals surface area (Å²) in [6.07, 6.45) is 0. The monoisotopic (exact) mass is 366 g/mol. The molecular weight excluding hydrogens is 355 g/mol. The van der Waals surface area contributed by atoms with Gasteiger partial charge >= 0.3 is 0 Å². The summed E-state index contributed by atoms with van der Waals surface area (Å²) in [5.74, 6) is 0.368. The first-order valence-electron chi connectivity index (χ1n) is 6.77. The highest BCUT2D eigenvalue weighted by Gasteiger charge is 2.12. The lowest BCUT2D eigenvalue weighted by atomic mass is 10.2. The summed E-state index contributed by atoms with van der Waals surface area (Å²) >= 11 is 13.4. The van der Waals surface area contributed by atoms with Crippen molar-refractivity contribution in [3.8, 4) is 5.75 Å². The van der Waals surface area contributed by atoms with E-state index in [-0.39, 0.29) is 12.5 Å². The van der Waals surface area contributed by atoms with E-state index >= 15 is 0 Å². The highest BCUT2D eigenvalue weighted by molar-refractivity contribution is 7.22. The first-order chi connectivity index (χ1) is 11.0. The van der Waals surface area contributed by atoms with Crippen LogP contribution >= 0.6 is 34.5 Å². The maximum absolute atomic E-state index is 12.0. The Morgan fingerprint density at radius 3 is 2.91 bits per heavy atom. The van der Waals surface area contributed by atoms with Crippen molar-refractivity contribution < 1.29 is 9.53 Å². The van der Waals surface area contributed by atoms with Gasteiger partial charge in [-0.3, -0.25) is 10.1 Å².